The highest BCUT2D eigenvalue weighted by atomic mass is 79.9. The molecule has 0 saturated heterocycles. The number of halogens is 2. The van der Waals surface area contributed by atoms with Gasteiger partial charge < -0.3 is 5.11 Å². The van der Waals surface area contributed by atoms with E-state index in [-0.39, 0.29) is 5.56 Å². The Labute approximate surface area is 99.4 Å². The predicted octanol–water partition coefficient (Wildman–Crippen LogP) is 2.58. The van der Waals surface area contributed by atoms with E-state index in [0.717, 1.165) is 6.07 Å². The van der Waals surface area contributed by atoms with Crippen molar-refractivity contribution >= 4 is 21.6 Å². The molecule has 0 aliphatic heterocycles. The lowest BCUT2D eigenvalue weighted by Crippen LogP contribution is -1.92. The molecule has 0 atom stereocenters. The molecule has 0 aliphatic rings. The molecule has 0 radical (unpaired) electrons. The summed E-state index contributed by atoms with van der Waals surface area (Å²) in [5, 5.41) is 20.2. The fourth-order valence-electron chi connectivity index (χ4n) is 0.998. The van der Waals surface area contributed by atoms with E-state index in [2.05, 4.69) is 27.8 Å². The Kier molecular flexibility index (Phi) is 4.26. The molecule has 84 valence electrons. The van der Waals surface area contributed by atoms with Gasteiger partial charge in [-0.2, -0.15) is 0 Å². The summed E-state index contributed by atoms with van der Waals surface area (Å²) in [5.41, 5.74) is -0.644. The molecule has 0 aliphatic carbocycles. The van der Waals surface area contributed by atoms with Gasteiger partial charge in [-0.3, -0.25) is 10.1 Å². The van der Waals surface area contributed by atoms with Crippen LogP contribution in [0, 0.1) is 27.8 Å². The zero-order valence-electron chi connectivity index (χ0n) is 8.04. The number of alkyl halides is 1. The minimum atomic E-state index is -0.787. The van der Waals surface area contributed by atoms with E-state index >= 15 is 0 Å². The molecule has 0 bridgehead atoms. The Hall–Kier alpha value is -1.61. The smallest absolute Gasteiger partial charge is 0.312 e. The zero-order chi connectivity index (χ0) is 12.1. The normalized spacial score (nSPS) is 9.38. The van der Waals surface area contributed by atoms with E-state index in [1.807, 2.05) is 0 Å². The summed E-state index contributed by atoms with van der Waals surface area (Å²) in [6, 6.07) is 1.61. The third kappa shape index (κ3) is 2.94. The highest BCUT2D eigenvalue weighted by Crippen LogP contribution is 2.28. The van der Waals surface area contributed by atoms with Crippen LogP contribution in [-0.4, -0.2) is 15.4 Å². The largest absolute Gasteiger partial charge is 0.502 e. The molecule has 0 aromatic heterocycles. The van der Waals surface area contributed by atoms with Crippen LogP contribution in [0.2, 0.25) is 0 Å². The fraction of sp³-hybridized carbons (Fsp3) is 0.200. The van der Waals surface area contributed by atoms with Crippen molar-refractivity contribution in [3.63, 3.8) is 0 Å². The summed E-state index contributed by atoms with van der Waals surface area (Å²) in [5.74, 6) is 3.63. The van der Waals surface area contributed by atoms with Crippen LogP contribution in [0.15, 0.2) is 12.1 Å². The minimum Gasteiger partial charge on any atom is -0.502 e. The number of phenolic OH excluding ortho intramolecular Hbond substituents is 1. The van der Waals surface area contributed by atoms with Crippen molar-refractivity contribution < 1.29 is 14.4 Å². The third-order valence-corrected chi connectivity index (χ3v) is 2.10. The van der Waals surface area contributed by atoms with Gasteiger partial charge in [0, 0.05) is 23.9 Å². The molecule has 0 spiro atoms. The molecular weight excluding hydrogens is 281 g/mol. The quantitative estimate of drug-likeness (QED) is 0.394. The molecule has 4 nitrogen and oxygen atoms in total. The molecule has 1 aromatic carbocycles. The van der Waals surface area contributed by atoms with Crippen LogP contribution in [-0.2, 0) is 0 Å². The maximum Gasteiger partial charge on any atom is 0.312 e. The molecule has 1 rings (SSSR count). The van der Waals surface area contributed by atoms with Crippen LogP contribution in [0.3, 0.4) is 0 Å². The molecule has 0 saturated carbocycles. The second kappa shape index (κ2) is 5.47. The number of rotatable bonds is 2. The lowest BCUT2D eigenvalue weighted by atomic mass is 10.1. The first kappa shape index (κ1) is 12.5. The predicted molar refractivity (Wildman–Crippen MR) is 60.0 cm³/mol. The lowest BCUT2D eigenvalue weighted by Gasteiger charge is -1.98. The van der Waals surface area contributed by atoms with E-state index in [9.17, 15) is 14.5 Å². The molecule has 0 heterocycles. The number of nitro groups is 1. The number of hydrogen-bond donors (Lipinski definition) is 1. The molecule has 1 N–H and O–H groups in total. The van der Waals surface area contributed by atoms with Crippen molar-refractivity contribution in [2.75, 3.05) is 5.33 Å². The van der Waals surface area contributed by atoms with Crippen LogP contribution in [0.25, 0.3) is 0 Å². The van der Waals surface area contributed by atoms with Crippen LogP contribution >= 0.6 is 15.9 Å². The number of phenols is 1. The van der Waals surface area contributed by atoms with Crippen molar-refractivity contribution in [3.8, 4) is 17.6 Å². The summed E-state index contributed by atoms with van der Waals surface area (Å²) in [7, 11) is 0. The van der Waals surface area contributed by atoms with Gasteiger partial charge in [-0.25, -0.2) is 4.39 Å². The highest BCUT2D eigenvalue weighted by molar-refractivity contribution is 9.09. The Balaban J connectivity index is 3.16. The van der Waals surface area contributed by atoms with E-state index in [1.54, 1.807) is 0 Å². The summed E-state index contributed by atoms with van der Waals surface area (Å²) in [4.78, 5) is 9.70. The first-order valence-corrected chi connectivity index (χ1v) is 5.40. The zero-order valence-corrected chi connectivity index (χ0v) is 9.62. The first-order chi connectivity index (χ1) is 7.56. The Morgan fingerprint density at radius 3 is 2.81 bits per heavy atom. The van der Waals surface area contributed by atoms with Gasteiger partial charge in [0.2, 0.25) is 0 Å². The van der Waals surface area contributed by atoms with Crippen LogP contribution < -0.4 is 0 Å². The average molecular weight is 288 g/mol. The van der Waals surface area contributed by atoms with Gasteiger partial charge >= 0.3 is 5.69 Å². The maximum absolute atomic E-state index is 13.2. The number of nitro benzene ring substituents is 1. The minimum absolute atomic E-state index is 0.0922. The molecular formula is C10H7BrFNO3. The number of benzene rings is 1. The fourth-order valence-corrected chi connectivity index (χ4v) is 1.20. The van der Waals surface area contributed by atoms with Gasteiger partial charge in [-0.1, -0.05) is 27.8 Å². The molecule has 16 heavy (non-hydrogen) atoms. The van der Waals surface area contributed by atoms with Crippen molar-refractivity contribution in [1.82, 2.24) is 0 Å². The van der Waals surface area contributed by atoms with Gasteiger partial charge in [-0.05, 0) is 0 Å². The molecule has 1 aromatic rings. The van der Waals surface area contributed by atoms with Gasteiger partial charge in [-0.15, -0.1) is 0 Å². The van der Waals surface area contributed by atoms with E-state index in [0.29, 0.717) is 17.8 Å². The van der Waals surface area contributed by atoms with Crippen LogP contribution in [0.5, 0.6) is 5.75 Å². The Bertz CT molecular complexity index is 479. The van der Waals surface area contributed by atoms with E-state index in [1.165, 1.54) is 0 Å². The SMILES string of the molecule is O=[N+]([O-])c1cc(C#CCCBr)c(F)cc1O. The molecule has 0 fully saturated rings. The molecule has 0 unspecified atom stereocenters. The first-order valence-electron chi connectivity index (χ1n) is 4.28. The van der Waals surface area contributed by atoms with E-state index < -0.39 is 22.2 Å². The van der Waals surface area contributed by atoms with Gasteiger partial charge in [0.05, 0.1) is 10.5 Å². The second-order valence-corrected chi connectivity index (χ2v) is 3.61. The topological polar surface area (TPSA) is 63.4 Å². The highest BCUT2D eigenvalue weighted by Gasteiger charge is 2.16. The van der Waals surface area contributed by atoms with Crippen molar-refractivity contribution in [3.05, 3.63) is 33.6 Å². The van der Waals surface area contributed by atoms with Crippen molar-refractivity contribution in [2.24, 2.45) is 0 Å². The Morgan fingerprint density at radius 1 is 1.56 bits per heavy atom. The van der Waals surface area contributed by atoms with Crippen LogP contribution in [0.1, 0.15) is 12.0 Å². The average Bonchev–Trinajstić information content (AvgIpc) is 2.21. The van der Waals surface area contributed by atoms with Gasteiger partial charge in [0.1, 0.15) is 5.82 Å². The number of hydrogen-bond acceptors (Lipinski definition) is 3. The second-order valence-electron chi connectivity index (χ2n) is 2.82. The van der Waals surface area contributed by atoms with E-state index in [4.69, 9.17) is 5.11 Å². The summed E-state index contributed by atoms with van der Waals surface area (Å²) in [6.07, 6.45) is 0.508. The summed E-state index contributed by atoms with van der Waals surface area (Å²) < 4.78 is 13.2. The van der Waals surface area contributed by atoms with Crippen LogP contribution in [0.4, 0.5) is 10.1 Å². The van der Waals surface area contributed by atoms with Gasteiger partial charge in [0.25, 0.3) is 0 Å². The molecule has 6 heteroatoms. The Morgan fingerprint density at radius 2 is 2.25 bits per heavy atom. The standard InChI is InChI=1S/C10H7BrFNO3/c11-4-2-1-3-7-5-9(13(15)16)10(14)6-8(7)12/h5-6,14H,2,4H2. The van der Waals surface area contributed by atoms with Crippen molar-refractivity contribution in [2.45, 2.75) is 6.42 Å². The third-order valence-electron chi connectivity index (χ3n) is 1.70. The lowest BCUT2D eigenvalue weighted by molar-refractivity contribution is -0.385. The molecule has 0 amide bonds. The van der Waals surface area contributed by atoms with Crippen molar-refractivity contribution in [1.29, 1.82) is 0 Å². The van der Waals surface area contributed by atoms with Gasteiger partial charge in [0.15, 0.2) is 5.75 Å². The maximum atomic E-state index is 13.2. The summed E-state index contributed by atoms with van der Waals surface area (Å²) >= 11 is 3.15. The monoisotopic (exact) mass is 287 g/mol. The summed E-state index contributed by atoms with van der Waals surface area (Å²) in [6.45, 7) is 0. The number of aromatic hydroxyl groups is 1. The number of nitrogens with zero attached hydrogens (tertiary/aromatic N) is 1.